The number of para-hydroxylation sites is 2. The number of carbonyl (C=O) groups is 3. The van der Waals surface area contributed by atoms with Gasteiger partial charge >= 0.3 is 5.97 Å². The molecule has 6 nitrogen and oxygen atoms in total. The summed E-state index contributed by atoms with van der Waals surface area (Å²) >= 11 is 0. The van der Waals surface area contributed by atoms with E-state index in [1.807, 2.05) is 36.4 Å². The predicted octanol–water partition coefficient (Wildman–Crippen LogP) is 7.23. The second-order valence-electron chi connectivity index (χ2n) is 11.4. The maximum Gasteiger partial charge on any atom is 0.302 e. The van der Waals surface area contributed by atoms with E-state index in [-0.39, 0.29) is 24.1 Å². The lowest BCUT2D eigenvalue weighted by molar-refractivity contribution is -0.141. The Bertz CT molecular complexity index is 1920. The number of carbonyl (C=O) groups excluding carboxylic acids is 3. The second-order valence-corrected chi connectivity index (χ2v) is 11.4. The summed E-state index contributed by atoms with van der Waals surface area (Å²) in [6.07, 6.45) is 2.84. The molecule has 6 rings (SSSR count). The summed E-state index contributed by atoms with van der Waals surface area (Å²) in [6.45, 7) is 10.8. The van der Waals surface area contributed by atoms with Gasteiger partial charge in [-0.05, 0) is 55.2 Å². The van der Waals surface area contributed by atoms with Crippen molar-refractivity contribution in [2.24, 2.45) is 0 Å². The molecule has 1 aliphatic carbocycles. The first kappa shape index (κ1) is 28.4. The number of esters is 1. The fourth-order valence-electron chi connectivity index (χ4n) is 7.41. The number of rotatable bonds is 10. The highest BCUT2D eigenvalue weighted by Gasteiger charge is 2.50. The van der Waals surface area contributed by atoms with Crippen molar-refractivity contribution in [1.29, 1.82) is 0 Å². The molecule has 0 spiro atoms. The molecule has 6 heteroatoms. The van der Waals surface area contributed by atoms with Crippen molar-refractivity contribution in [1.82, 2.24) is 9.13 Å². The zero-order valence-corrected chi connectivity index (χ0v) is 25.0. The standard InChI is InChI=1S/C37H36N2O4/c1-5-27(41)13-12-20-38-24(2)35(29-15-7-10-18-32(29)38)37(23-34(42)28-14-6-9-17-31(28)37)36-25(3)39(21-22-43-26(4)40)33-19-11-8-16-30(33)36/h5-11,14-19H,1,12-13,20-23H2,2-4H3. The molecule has 1 atom stereocenters. The van der Waals surface area contributed by atoms with E-state index in [2.05, 4.69) is 66.0 Å². The lowest BCUT2D eigenvalue weighted by atomic mass is 9.68. The van der Waals surface area contributed by atoms with Crippen LogP contribution in [0.1, 0.15) is 64.6 Å². The minimum Gasteiger partial charge on any atom is -0.464 e. The average Bonchev–Trinajstić information content (AvgIpc) is 3.57. The fraction of sp³-hybridized carbons (Fsp3) is 0.270. The number of benzene rings is 3. The molecule has 3 aromatic carbocycles. The Morgan fingerprint density at radius 1 is 0.860 bits per heavy atom. The molecule has 0 bridgehead atoms. The van der Waals surface area contributed by atoms with Gasteiger partial charge in [0.1, 0.15) is 6.61 Å². The van der Waals surface area contributed by atoms with Gasteiger partial charge in [0.2, 0.25) is 0 Å². The summed E-state index contributed by atoms with van der Waals surface area (Å²) in [5, 5.41) is 2.19. The van der Waals surface area contributed by atoms with Crippen LogP contribution in [0.15, 0.2) is 85.5 Å². The molecule has 0 aliphatic heterocycles. The van der Waals surface area contributed by atoms with Gasteiger partial charge in [0, 0.05) is 65.1 Å². The maximum atomic E-state index is 13.9. The zero-order chi connectivity index (χ0) is 30.3. The third kappa shape index (κ3) is 4.53. The van der Waals surface area contributed by atoms with Gasteiger partial charge in [0.25, 0.3) is 0 Å². The van der Waals surface area contributed by atoms with E-state index in [0.29, 0.717) is 32.4 Å². The highest BCUT2D eigenvalue weighted by molar-refractivity contribution is 6.07. The summed E-state index contributed by atoms with van der Waals surface area (Å²) in [6, 6.07) is 24.7. The third-order valence-corrected chi connectivity index (χ3v) is 9.08. The lowest BCUT2D eigenvalue weighted by Gasteiger charge is -2.33. The van der Waals surface area contributed by atoms with Crippen LogP contribution in [-0.4, -0.2) is 33.3 Å². The number of nitrogens with zero attached hydrogens (tertiary/aromatic N) is 2. The first-order valence-electron chi connectivity index (χ1n) is 14.9. The lowest BCUT2D eigenvalue weighted by Crippen LogP contribution is -2.29. The summed E-state index contributed by atoms with van der Waals surface area (Å²) in [4.78, 5) is 37.6. The Hall–Kier alpha value is -4.71. The van der Waals surface area contributed by atoms with Gasteiger partial charge in [-0.2, -0.15) is 0 Å². The normalized spacial score (nSPS) is 16.1. The molecule has 2 heterocycles. The number of hydrogen-bond donors (Lipinski definition) is 0. The van der Waals surface area contributed by atoms with E-state index in [1.165, 1.54) is 13.0 Å². The fourth-order valence-corrected chi connectivity index (χ4v) is 7.41. The Kier molecular flexibility index (Phi) is 7.38. The van der Waals surface area contributed by atoms with E-state index >= 15 is 0 Å². The molecule has 1 unspecified atom stereocenters. The van der Waals surface area contributed by atoms with Gasteiger partial charge in [-0.3, -0.25) is 14.4 Å². The van der Waals surface area contributed by atoms with Crippen molar-refractivity contribution in [3.05, 3.63) is 119 Å². The molecule has 5 aromatic rings. The van der Waals surface area contributed by atoms with Crippen LogP contribution in [0.4, 0.5) is 0 Å². The molecule has 43 heavy (non-hydrogen) atoms. The van der Waals surface area contributed by atoms with Gasteiger partial charge in [0.15, 0.2) is 11.6 Å². The van der Waals surface area contributed by atoms with Gasteiger partial charge in [-0.25, -0.2) is 0 Å². The van der Waals surface area contributed by atoms with Crippen LogP contribution < -0.4 is 0 Å². The van der Waals surface area contributed by atoms with E-state index in [0.717, 1.165) is 55.4 Å². The number of hydrogen-bond acceptors (Lipinski definition) is 4. The van der Waals surface area contributed by atoms with E-state index in [1.54, 1.807) is 0 Å². The van der Waals surface area contributed by atoms with E-state index in [4.69, 9.17) is 4.74 Å². The molecule has 0 saturated heterocycles. The molecule has 0 N–H and O–H groups in total. The van der Waals surface area contributed by atoms with E-state index < -0.39 is 5.41 Å². The number of allylic oxidation sites excluding steroid dienone is 1. The van der Waals surface area contributed by atoms with Crippen LogP contribution in [0.2, 0.25) is 0 Å². The molecule has 0 fully saturated rings. The Morgan fingerprint density at radius 2 is 1.42 bits per heavy atom. The molecule has 2 aromatic heterocycles. The average molecular weight is 573 g/mol. The van der Waals surface area contributed by atoms with Crippen molar-refractivity contribution in [2.75, 3.05) is 6.61 Å². The first-order chi connectivity index (χ1) is 20.8. The molecule has 0 saturated carbocycles. The van der Waals surface area contributed by atoms with Crippen molar-refractivity contribution < 1.29 is 19.1 Å². The van der Waals surface area contributed by atoms with Crippen LogP contribution in [0.5, 0.6) is 0 Å². The molecule has 1 aliphatic rings. The van der Waals surface area contributed by atoms with Crippen LogP contribution >= 0.6 is 0 Å². The molecule has 0 radical (unpaired) electrons. The predicted molar refractivity (Wildman–Crippen MR) is 170 cm³/mol. The van der Waals surface area contributed by atoms with Gasteiger partial charge in [-0.15, -0.1) is 0 Å². The van der Waals surface area contributed by atoms with Crippen molar-refractivity contribution in [3.63, 3.8) is 0 Å². The Balaban J connectivity index is 1.66. The highest BCUT2D eigenvalue weighted by Crippen LogP contribution is 2.55. The summed E-state index contributed by atoms with van der Waals surface area (Å²) in [7, 11) is 0. The van der Waals surface area contributed by atoms with Crippen LogP contribution in [0.3, 0.4) is 0 Å². The van der Waals surface area contributed by atoms with Gasteiger partial charge in [-0.1, -0.05) is 67.2 Å². The smallest absolute Gasteiger partial charge is 0.302 e. The van der Waals surface area contributed by atoms with Crippen LogP contribution in [0, 0.1) is 13.8 Å². The minimum atomic E-state index is -0.740. The largest absolute Gasteiger partial charge is 0.464 e. The number of ketones is 2. The van der Waals surface area contributed by atoms with Crippen molar-refractivity contribution in [2.45, 2.75) is 58.5 Å². The van der Waals surface area contributed by atoms with E-state index in [9.17, 15) is 14.4 Å². The Morgan fingerprint density at radius 3 is 2.02 bits per heavy atom. The van der Waals surface area contributed by atoms with Crippen LogP contribution in [0.25, 0.3) is 21.8 Å². The molecular formula is C37H36N2O4. The first-order valence-corrected chi connectivity index (χ1v) is 14.9. The quantitative estimate of drug-likeness (QED) is 0.131. The third-order valence-electron chi connectivity index (χ3n) is 9.08. The zero-order valence-electron chi connectivity index (χ0n) is 25.0. The highest BCUT2D eigenvalue weighted by atomic mass is 16.5. The number of ether oxygens (including phenoxy) is 1. The van der Waals surface area contributed by atoms with Crippen LogP contribution in [-0.2, 0) is 32.8 Å². The van der Waals surface area contributed by atoms with Crippen molar-refractivity contribution in [3.8, 4) is 0 Å². The number of aromatic nitrogens is 2. The topological polar surface area (TPSA) is 70.3 Å². The molecule has 218 valence electrons. The number of aryl methyl sites for hydroxylation is 1. The summed E-state index contributed by atoms with van der Waals surface area (Å²) < 4.78 is 9.89. The second kappa shape index (κ2) is 11.2. The summed E-state index contributed by atoms with van der Waals surface area (Å²) in [5.41, 5.74) is 7.54. The summed E-state index contributed by atoms with van der Waals surface area (Å²) in [5.74, 6) is -0.141. The van der Waals surface area contributed by atoms with Gasteiger partial charge < -0.3 is 13.9 Å². The molecular weight excluding hydrogens is 536 g/mol. The number of fused-ring (bicyclic) bond motifs is 3. The van der Waals surface area contributed by atoms with Crippen molar-refractivity contribution >= 4 is 39.3 Å². The maximum absolute atomic E-state index is 13.9. The van der Waals surface area contributed by atoms with Gasteiger partial charge in [0.05, 0.1) is 12.0 Å². The molecule has 0 amide bonds. The number of Topliss-reactive ketones (excluding diaryl/α,β-unsaturated/α-hetero) is 1. The monoisotopic (exact) mass is 572 g/mol. The Labute approximate surface area is 251 Å². The SMILES string of the molecule is C=CC(=O)CCCn1c(C)c(C2(c3c(C)n(CCOC(C)=O)c4ccccc34)CC(=O)c3ccccc32)c2ccccc21. The minimum absolute atomic E-state index is 0.0401.